The van der Waals surface area contributed by atoms with E-state index in [0.717, 1.165) is 24.9 Å². The molecule has 3 aromatic rings. The van der Waals surface area contributed by atoms with Crippen molar-refractivity contribution in [3.05, 3.63) is 53.1 Å². The van der Waals surface area contributed by atoms with Crippen LogP contribution >= 0.6 is 0 Å². The molecule has 0 spiro atoms. The third-order valence-electron chi connectivity index (χ3n) is 5.85. The standard InChI is InChI=1S/C25H28N4O3/c1-4-29(12-13-30)22-10-9-19-20(22)6-5-7-21(19)24-27-25(32-28-24)17-8-11-23(31-16(2)3)18(14-17)15-26/h5-8,11,14,16,22,30H,4,9-10,12-13H2,1-3H3. The molecule has 1 N–H and O–H groups in total. The zero-order chi connectivity index (χ0) is 22.7. The molecule has 7 heteroatoms. The molecule has 1 unspecified atom stereocenters. The summed E-state index contributed by atoms with van der Waals surface area (Å²) >= 11 is 0. The molecule has 0 amide bonds. The zero-order valence-corrected chi connectivity index (χ0v) is 18.7. The Morgan fingerprint density at radius 2 is 2.16 bits per heavy atom. The summed E-state index contributed by atoms with van der Waals surface area (Å²) in [6, 6.07) is 14.0. The van der Waals surface area contributed by atoms with Crippen LogP contribution in [0, 0.1) is 11.3 Å². The van der Waals surface area contributed by atoms with Gasteiger partial charge < -0.3 is 14.4 Å². The lowest BCUT2D eigenvalue weighted by molar-refractivity contribution is 0.156. The van der Waals surface area contributed by atoms with Gasteiger partial charge in [-0.15, -0.1) is 0 Å². The Balaban J connectivity index is 1.65. The fourth-order valence-corrected chi connectivity index (χ4v) is 4.44. The lowest BCUT2D eigenvalue weighted by Crippen LogP contribution is -2.30. The van der Waals surface area contributed by atoms with Crippen molar-refractivity contribution >= 4 is 0 Å². The van der Waals surface area contributed by atoms with E-state index >= 15 is 0 Å². The van der Waals surface area contributed by atoms with Crippen molar-refractivity contribution in [1.82, 2.24) is 15.0 Å². The molecular weight excluding hydrogens is 404 g/mol. The van der Waals surface area contributed by atoms with Crippen LogP contribution in [0.5, 0.6) is 5.75 Å². The fraction of sp³-hybridized carbons (Fsp3) is 0.400. The van der Waals surface area contributed by atoms with Crippen LogP contribution in [0.1, 0.15) is 49.9 Å². The van der Waals surface area contributed by atoms with Gasteiger partial charge in [0.05, 0.1) is 18.3 Å². The smallest absolute Gasteiger partial charge is 0.258 e. The van der Waals surface area contributed by atoms with Gasteiger partial charge in [0.15, 0.2) is 0 Å². The van der Waals surface area contributed by atoms with Crippen LogP contribution in [0.2, 0.25) is 0 Å². The molecular formula is C25H28N4O3. The quantitative estimate of drug-likeness (QED) is 0.565. The Kier molecular flexibility index (Phi) is 6.54. The second kappa shape index (κ2) is 9.51. The van der Waals surface area contributed by atoms with E-state index in [0.29, 0.717) is 41.2 Å². The van der Waals surface area contributed by atoms with Crippen LogP contribution in [0.25, 0.3) is 22.8 Å². The molecule has 1 atom stereocenters. The number of fused-ring (bicyclic) bond motifs is 1. The van der Waals surface area contributed by atoms with Gasteiger partial charge in [-0.25, -0.2) is 0 Å². The average Bonchev–Trinajstić information content (AvgIpc) is 3.45. The molecule has 32 heavy (non-hydrogen) atoms. The Labute approximate surface area is 188 Å². The van der Waals surface area contributed by atoms with Gasteiger partial charge in [-0.05, 0) is 62.6 Å². The molecule has 1 aromatic heterocycles. The Bertz CT molecular complexity index is 1130. The number of aliphatic hydroxyl groups excluding tert-OH is 1. The number of rotatable bonds is 8. The van der Waals surface area contributed by atoms with E-state index in [9.17, 15) is 10.4 Å². The van der Waals surface area contributed by atoms with E-state index in [4.69, 9.17) is 9.26 Å². The summed E-state index contributed by atoms with van der Waals surface area (Å²) in [6.45, 7) is 7.67. The van der Waals surface area contributed by atoms with E-state index in [1.165, 1.54) is 11.1 Å². The lowest BCUT2D eigenvalue weighted by atomic mass is 10.0. The highest BCUT2D eigenvalue weighted by atomic mass is 16.5. The van der Waals surface area contributed by atoms with Crippen LogP contribution in [-0.2, 0) is 6.42 Å². The number of aromatic nitrogens is 2. The van der Waals surface area contributed by atoms with Crippen molar-refractivity contribution in [3.8, 4) is 34.7 Å². The SMILES string of the molecule is CCN(CCO)C1CCc2c(-c3noc(-c4ccc(OC(C)C)c(C#N)c4)n3)cccc21. The molecule has 0 radical (unpaired) electrons. The number of aliphatic hydroxyl groups is 1. The maximum absolute atomic E-state index is 9.50. The lowest BCUT2D eigenvalue weighted by Gasteiger charge is -2.27. The van der Waals surface area contributed by atoms with E-state index in [1.807, 2.05) is 32.0 Å². The minimum absolute atomic E-state index is 0.0204. The number of benzene rings is 2. The van der Waals surface area contributed by atoms with Gasteiger partial charge in [0.25, 0.3) is 5.89 Å². The molecule has 0 saturated carbocycles. The summed E-state index contributed by atoms with van der Waals surface area (Å²) in [7, 11) is 0. The highest BCUT2D eigenvalue weighted by Gasteiger charge is 2.29. The first-order valence-corrected chi connectivity index (χ1v) is 11.1. The minimum atomic E-state index is -0.0204. The highest BCUT2D eigenvalue weighted by Crippen LogP contribution is 2.40. The van der Waals surface area contributed by atoms with Crippen molar-refractivity contribution in [1.29, 1.82) is 5.26 Å². The first-order valence-electron chi connectivity index (χ1n) is 11.1. The molecule has 7 nitrogen and oxygen atoms in total. The van der Waals surface area contributed by atoms with Gasteiger partial charge in [0, 0.05) is 23.7 Å². The largest absolute Gasteiger partial charge is 0.490 e. The summed E-state index contributed by atoms with van der Waals surface area (Å²) < 4.78 is 11.3. The normalized spacial score (nSPS) is 15.2. The summed E-state index contributed by atoms with van der Waals surface area (Å²) in [5.41, 5.74) is 4.59. The molecule has 0 aliphatic heterocycles. The maximum Gasteiger partial charge on any atom is 0.258 e. The van der Waals surface area contributed by atoms with Crippen molar-refractivity contribution in [2.24, 2.45) is 0 Å². The average molecular weight is 433 g/mol. The first-order chi connectivity index (χ1) is 15.5. The number of ether oxygens (including phenoxy) is 1. The van der Waals surface area contributed by atoms with Crippen molar-refractivity contribution in [2.75, 3.05) is 19.7 Å². The molecule has 2 aromatic carbocycles. The minimum Gasteiger partial charge on any atom is -0.490 e. The van der Waals surface area contributed by atoms with Crippen LogP contribution in [0.15, 0.2) is 40.9 Å². The van der Waals surface area contributed by atoms with Gasteiger partial charge in [0.2, 0.25) is 5.82 Å². The molecule has 4 rings (SSSR count). The highest BCUT2D eigenvalue weighted by molar-refractivity contribution is 5.67. The second-order valence-corrected chi connectivity index (χ2v) is 8.19. The first kappa shape index (κ1) is 22.0. The van der Waals surface area contributed by atoms with Crippen LogP contribution in [0.4, 0.5) is 0 Å². The molecule has 1 heterocycles. The fourth-order valence-electron chi connectivity index (χ4n) is 4.44. The third kappa shape index (κ3) is 4.24. The van der Waals surface area contributed by atoms with Crippen molar-refractivity contribution in [2.45, 2.75) is 45.8 Å². The van der Waals surface area contributed by atoms with Gasteiger partial charge in [-0.3, -0.25) is 4.90 Å². The summed E-state index contributed by atoms with van der Waals surface area (Å²) in [4.78, 5) is 6.95. The number of nitrogens with zero attached hydrogens (tertiary/aromatic N) is 4. The van der Waals surface area contributed by atoms with Gasteiger partial charge in [-0.2, -0.15) is 10.2 Å². The van der Waals surface area contributed by atoms with Gasteiger partial charge in [0.1, 0.15) is 11.8 Å². The van der Waals surface area contributed by atoms with Crippen LogP contribution in [0.3, 0.4) is 0 Å². The van der Waals surface area contributed by atoms with E-state index in [1.54, 1.807) is 12.1 Å². The number of nitriles is 1. The molecule has 0 fully saturated rings. The molecule has 0 saturated heterocycles. The van der Waals surface area contributed by atoms with Crippen LogP contribution < -0.4 is 4.74 Å². The van der Waals surface area contributed by atoms with Gasteiger partial charge in [-0.1, -0.05) is 30.3 Å². The number of hydrogen-bond acceptors (Lipinski definition) is 7. The second-order valence-electron chi connectivity index (χ2n) is 8.19. The third-order valence-corrected chi connectivity index (χ3v) is 5.85. The maximum atomic E-state index is 9.50. The summed E-state index contributed by atoms with van der Waals surface area (Å²) in [5.74, 6) is 1.46. The van der Waals surface area contributed by atoms with Gasteiger partial charge >= 0.3 is 0 Å². The number of likely N-dealkylation sites (N-methyl/N-ethyl adjacent to an activating group) is 1. The number of hydrogen-bond donors (Lipinski definition) is 1. The molecule has 1 aliphatic carbocycles. The summed E-state index contributed by atoms with van der Waals surface area (Å²) in [6.07, 6.45) is 1.92. The molecule has 166 valence electrons. The van der Waals surface area contributed by atoms with E-state index < -0.39 is 0 Å². The van der Waals surface area contributed by atoms with Crippen molar-refractivity contribution in [3.63, 3.8) is 0 Å². The van der Waals surface area contributed by atoms with Crippen molar-refractivity contribution < 1.29 is 14.4 Å². The summed E-state index contributed by atoms with van der Waals surface area (Å²) in [5, 5.41) is 23.2. The Hall–Kier alpha value is -3.21. The monoisotopic (exact) mass is 432 g/mol. The van der Waals surface area contributed by atoms with Crippen LogP contribution in [-0.4, -0.2) is 45.9 Å². The predicted octanol–water partition coefficient (Wildman–Crippen LogP) is 4.36. The van der Waals surface area contributed by atoms with E-state index in [2.05, 4.69) is 34.1 Å². The zero-order valence-electron chi connectivity index (χ0n) is 18.7. The molecule has 1 aliphatic rings. The van der Waals surface area contributed by atoms with E-state index in [-0.39, 0.29) is 12.7 Å². The predicted molar refractivity (Wildman–Crippen MR) is 121 cm³/mol. The molecule has 0 bridgehead atoms. The Morgan fingerprint density at radius 1 is 1.31 bits per heavy atom. The topological polar surface area (TPSA) is 95.4 Å². The Morgan fingerprint density at radius 3 is 2.88 bits per heavy atom.